The highest BCUT2D eigenvalue weighted by Crippen LogP contribution is 2.58. The minimum atomic E-state index is -0.323. The smallest absolute Gasteiger partial charge is 0.256 e. The molecule has 3 nitrogen and oxygen atoms in total. The van der Waals surface area contributed by atoms with Crippen molar-refractivity contribution in [1.29, 1.82) is 0 Å². The Labute approximate surface area is 389 Å². The third-order valence-electron chi connectivity index (χ3n) is 15.9. The molecule has 0 spiro atoms. The third-order valence-corrected chi connectivity index (χ3v) is 15.9. The molecule has 13 rings (SSSR count). The van der Waals surface area contributed by atoms with Gasteiger partial charge in [0.05, 0.1) is 16.7 Å². The first-order chi connectivity index (χ1) is 31.5. The van der Waals surface area contributed by atoms with Crippen LogP contribution >= 0.6 is 0 Å². The maximum absolute atomic E-state index is 7.01. The normalized spacial score (nSPS) is 15.7. The summed E-state index contributed by atoms with van der Waals surface area (Å²) >= 11 is 0. The Balaban J connectivity index is 1.21. The second kappa shape index (κ2) is 13.0. The van der Waals surface area contributed by atoms with Gasteiger partial charge in [-0.15, -0.1) is 0 Å². The summed E-state index contributed by atoms with van der Waals surface area (Å²) in [6, 6.07) is 58.0. The van der Waals surface area contributed by atoms with E-state index in [1.54, 1.807) is 0 Å². The predicted molar refractivity (Wildman–Crippen MR) is 279 cm³/mol. The summed E-state index contributed by atoms with van der Waals surface area (Å²) in [6.07, 6.45) is 0. The minimum Gasteiger partial charge on any atom is -0.458 e. The molecule has 0 atom stereocenters. The van der Waals surface area contributed by atoms with E-state index in [-0.39, 0.29) is 28.4 Å². The molecule has 0 N–H and O–H groups in total. The van der Waals surface area contributed by atoms with Gasteiger partial charge in [0.25, 0.3) is 6.71 Å². The van der Waals surface area contributed by atoms with Crippen molar-refractivity contribution in [1.82, 2.24) is 4.57 Å². The van der Waals surface area contributed by atoms with Crippen LogP contribution in [-0.4, -0.2) is 11.3 Å². The highest BCUT2D eigenvalue weighted by Gasteiger charge is 2.49. The summed E-state index contributed by atoms with van der Waals surface area (Å²) in [4.78, 5) is 2.58. The van der Waals surface area contributed by atoms with Crippen LogP contribution in [0.1, 0.15) is 103 Å². The van der Waals surface area contributed by atoms with E-state index in [0.29, 0.717) is 0 Å². The molecule has 0 fully saturated rings. The van der Waals surface area contributed by atoms with Gasteiger partial charge < -0.3 is 14.2 Å². The van der Waals surface area contributed by atoms with Gasteiger partial charge in [-0.25, -0.2) is 0 Å². The molecular weight excluding hydrogens is 800 g/mol. The fourth-order valence-electron chi connectivity index (χ4n) is 12.6. The summed E-state index contributed by atoms with van der Waals surface area (Å²) in [7, 11) is 0. The largest absolute Gasteiger partial charge is 0.458 e. The van der Waals surface area contributed by atoms with Crippen molar-refractivity contribution in [2.45, 2.75) is 90.9 Å². The molecule has 0 radical (unpaired) electrons. The summed E-state index contributed by atoms with van der Waals surface area (Å²) in [5.41, 5.74) is 24.0. The molecule has 4 heteroatoms. The summed E-state index contributed by atoms with van der Waals surface area (Å²) in [5, 5.41) is 2.57. The van der Waals surface area contributed by atoms with Gasteiger partial charge in [0, 0.05) is 44.2 Å². The first-order valence-electron chi connectivity index (χ1n) is 23.9. The molecule has 4 aliphatic rings. The molecule has 3 heterocycles. The maximum atomic E-state index is 7.01. The van der Waals surface area contributed by atoms with Crippen molar-refractivity contribution in [3.63, 3.8) is 0 Å². The molecule has 0 bridgehead atoms. The van der Waals surface area contributed by atoms with Gasteiger partial charge in [0.15, 0.2) is 0 Å². The Hall–Kier alpha value is -6.78. The lowest BCUT2D eigenvalue weighted by Crippen LogP contribution is -2.60. The second-order valence-electron chi connectivity index (χ2n) is 22.6. The van der Waals surface area contributed by atoms with Crippen LogP contribution in [0.5, 0.6) is 11.5 Å². The summed E-state index contributed by atoms with van der Waals surface area (Å²) in [6.45, 7) is 23.5. The standard InChI is InChI=1S/C62H55BN2O/c1-59(2,3)36-26-29-38(30-27-36)64-50-24-17-25-54-57(50)63(47-32-37(60(4,5)6)28-31-53(47)66-54)48-35-52(56-55(58(48)64)41-20-12-15-22-45(41)62(56,9)10)65-49-23-16-13-19-40(49)43-33-46-42(34-51(43)65)39-18-11-14-21-44(39)61(46,7)8/h11-35H,1-10H3. The zero-order valence-electron chi connectivity index (χ0n) is 39.8. The van der Waals surface area contributed by atoms with E-state index in [9.17, 15) is 0 Å². The Bertz CT molecular complexity index is 3590. The number of benzene rings is 8. The van der Waals surface area contributed by atoms with Gasteiger partial charge in [0.2, 0.25) is 0 Å². The molecule has 2 aliphatic carbocycles. The molecule has 8 aromatic carbocycles. The lowest BCUT2D eigenvalue weighted by atomic mass is 9.33. The summed E-state index contributed by atoms with van der Waals surface area (Å²) in [5.74, 6) is 1.86. The number of hydrogen-bond acceptors (Lipinski definition) is 2. The number of para-hydroxylation sites is 1. The van der Waals surface area contributed by atoms with E-state index in [1.165, 1.54) is 111 Å². The van der Waals surface area contributed by atoms with Gasteiger partial charge in [-0.1, -0.05) is 166 Å². The number of fused-ring (bicyclic) bond motifs is 14. The first-order valence-corrected chi connectivity index (χ1v) is 23.9. The van der Waals surface area contributed by atoms with Crippen LogP contribution in [0.25, 0.3) is 49.7 Å². The monoisotopic (exact) mass is 854 g/mol. The molecular formula is C62H55BN2O. The van der Waals surface area contributed by atoms with E-state index >= 15 is 0 Å². The van der Waals surface area contributed by atoms with Gasteiger partial charge in [-0.05, 0) is 132 Å². The third kappa shape index (κ3) is 5.16. The zero-order valence-corrected chi connectivity index (χ0v) is 39.8. The lowest BCUT2D eigenvalue weighted by molar-refractivity contribution is 0.486. The number of hydrogen-bond donors (Lipinski definition) is 0. The van der Waals surface area contributed by atoms with Gasteiger partial charge in [0.1, 0.15) is 11.5 Å². The highest BCUT2D eigenvalue weighted by molar-refractivity contribution is 6.99. The van der Waals surface area contributed by atoms with Crippen molar-refractivity contribution in [2.24, 2.45) is 0 Å². The molecule has 0 saturated carbocycles. The van der Waals surface area contributed by atoms with E-state index < -0.39 is 0 Å². The quantitative estimate of drug-likeness (QED) is 0.161. The number of rotatable bonds is 2. The van der Waals surface area contributed by atoms with E-state index in [1.807, 2.05) is 0 Å². The van der Waals surface area contributed by atoms with Crippen molar-refractivity contribution >= 4 is 62.0 Å². The van der Waals surface area contributed by atoms with Gasteiger partial charge in [-0.2, -0.15) is 0 Å². The Morgan fingerprint density at radius 2 is 1.15 bits per heavy atom. The fourth-order valence-corrected chi connectivity index (χ4v) is 12.6. The van der Waals surface area contributed by atoms with Crippen LogP contribution in [0.15, 0.2) is 152 Å². The Morgan fingerprint density at radius 1 is 0.485 bits per heavy atom. The number of anilines is 3. The first kappa shape index (κ1) is 39.6. The highest BCUT2D eigenvalue weighted by atomic mass is 16.5. The van der Waals surface area contributed by atoms with Crippen LogP contribution in [0, 0.1) is 0 Å². The average Bonchev–Trinajstić information content (AvgIpc) is 3.84. The number of aromatic nitrogens is 1. The van der Waals surface area contributed by atoms with Gasteiger partial charge in [-0.3, -0.25) is 0 Å². The van der Waals surface area contributed by atoms with Crippen molar-refractivity contribution < 1.29 is 4.74 Å². The van der Waals surface area contributed by atoms with Crippen LogP contribution in [-0.2, 0) is 21.7 Å². The zero-order chi connectivity index (χ0) is 45.4. The van der Waals surface area contributed by atoms with Crippen LogP contribution < -0.4 is 26.0 Å². The maximum Gasteiger partial charge on any atom is 0.256 e. The molecule has 66 heavy (non-hydrogen) atoms. The van der Waals surface area contributed by atoms with Crippen LogP contribution in [0.3, 0.4) is 0 Å². The molecule has 1 aromatic heterocycles. The van der Waals surface area contributed by atoms with E-state index in [0.717, 1.165) is 17.2 Å². The molecule has 0 unspecified atom stereocenters. The Morgan fingerprint density at radius 3 is 1.89 bits per heavy atom. The average molecular weight is 855 g/mol. The second-order valence-corrected chi connectivity index (χ2v) is 22.6. The topological polar surface area (TPSA) is 17.4 Å². The van der Waals surface area contributed by atoms with Crippen molar-refractivity contribution in [2.75, 3.05) is 4.90 Å². The molecule has 0 saturated heterocycles. The molecule has 0 amide bonds. The number of nitrogens with zero attached hydrogens (tertiary/aromatic N) is 2. The van der Waals surface area contributed by atoms with Crippen LogP contribution in [0.4, 0.5) is 17.1 Å². The molecule has 2 aliphatic heterocycles. The SMILES string of the molecule is CC(C)(C)c1ccc(N2c3cccc4c3B(c3cc(C(C)(C)C)ccc3O4)c3cc(-n4c5ccccc5c5cc6c(cc54)-c4ccccc4C6(C)C)c4c(c32)-c2ccccc2C4(C)C)cc1. The summed E-state index contributed by atoms with van der Waals surface area (Å²) < 4.78 is 9.65. The molecule has 9 aromatic rings. The predicted octanol–water partition coefficient (Wildman–Crippen LogP) is 14.4. The van der Waals surface area contributed by atoms with Crippen LogP contribution in [0.2, 0.25) is 0 Å². The van der Waals surface area contributed by atoms with Gasteiger partial charge >= 0.3 is 0 Å². The van der Waals surface area contributed by atoms with E-state index in [4.69, 9.17) is 4.74 Å². The van der Waals surface area contributed by atoms with Crippen molar-refractivity contribution in [3.05, 3.63) is 185 Å². The van der Waals surface area contributed by atoms with E-state index in [2.05, 4.69) is 230 Å². The number of ether oxygens (including phenoxy) is 1. The fraction of sp³-hybridized carbons (Fsp3) is 0.226. The van der Waals surface area contributed by atoms with Crippen molar-refractivity contribution in [3.8, 4) is 39.4 Å². The lowest BCUT2D eigenvalue weighted by Gasteiger charge is -2.42. The minimum absolute atomic E-state index is 0.0248. The molecule has 322 valence electrons. The Kier molecular flexibility index (Phi) is 7.78.